The van der Waals surface area contributed by atoms with Gasteiger partial charge in [-0.05, 0) is 36.0 Å². The molecule has 0 saturated heterocycles. The molecule has 1 aliphatic rings. The van der Waals surface area contributed by atoms with Crippen LogP contribution in [0.5, 0.6) is 5.75 Å². The van der Waals surface area contributed by atoms with Gasteiger partial charge in [0.05, 0.1) is 13.2 Å². The fourth-order valence-electron chi connectivity index (χ4n) is 3.51. The Hall–Kier alpha value is -2.53. The average Bonchev–Trinajstić information content (AvgIpc) is 3.19. The van der Waals surface area contributed by atoms with Crippen LogP contribution in [0.25, 0.3) is 10.8 Å². The van der Waals surface area contributed by atoms with E-state index < -0.39 is 0 Å². The Morgan fingerprint density at radius 1 is 1.20 bits per heavy atom. The number of hydrogen-bond donors (Lipinski definition) is 1. The van der Waals surface area contributed by atoms with Crippen molar-refractivity contribution in [3.8, 4) is 5.75 Å². The molecule has 0 amide bonds. The summed E-state index contributed by atoms with van der Waals surface area (Å²) in [6, 6.07) is 9.93. The molecule has 0 aliphatic heterocycles. The lowest BCUT2D eigenvalue weighted by molar-refractivity contribution is 0.241. The Bertz CT molecular complexity index is 895. The smallest absolute Gasteiger partial charge is 0.227 e. The fraction of sp³-hybridized carbons (Fsp3) is 0.350. The van der Waals surface area contributed by atoms with Gasteiger partial charge in [0.15, 0.2) is 0 Å². The number of rotatable bonds is 5. The molecule has 1 fully saturated rings. The van der Waals surface area contributed by atoms with Gasteiger partial charge >= 0.3 is 0 Å². The molecule has 0 bridgehead atoms. The highest BCUT2D eigenvalue weighted by Crippen LogP contribution is 2.24. The summed E-state index contributed by atoms with van der Waals surface area (Å²) in [5, 5.41) is 2.33. The minimum Gasteiger partial charge on any atom is -0.486 e. The van der Waals surface area contributed by atoms with Gasteiger partial charge in [-0.1, -0.05) is 24.3 Å². The maximum absolute atomic E-state index is 12.3. The van der Waals surface area contributed by atoms with Crippen molar-refractivity contribution in [2.75, 3.05) is 6.61 Å². The van der Waals surface area contributed by atoms with Crippen LogP contribution in [0.15, 0.2) is 58.2 Å². The molecule has 0 spiro atoms. The number of ether oxygens (including phenoxy) is 1. The standard InChI is InChI=1S/C20H22N2O3/c21-17-6-5-14(7-17)12-25-20-13-24-18(8-19(20)23)11-22-9-15-3-1-2-4-16(15)10-22/h1-4,8-10,13-14,17H,5-7,11-12,21H2. The summed E-state index contributed by atoms with van der Waals surface area (Å²) in [5.41, 5.74) is 5.77. The van der Waals surface area contributed by atoms with Gasteiger partial charge in [-0.25, -0.2) is 0 Å². The highest BCUT2D eigenvalue weighted by Gasteiger charge is 2.22. The molecule has 0 radical (unpaired) electrons. The molecule has 5 nitrogen and oxygen atoms in total. The molecular weight excluding hydrogens is 316 g/mol. The Kier molecular flexibility index (Phi) is 4.32. The van der Waals surface area contributed by atoms with E-state index in [1.807, 2.05) is 29.1 Å². The molecular formula is C20H22N2O3. The van der Waals surface area contributed by atoms with Crippen LogP contribution in [0.3, 0.4) is 0 Å². The maximum Gasteiger partial charge on any atom is 0.227 e. The minimum absolute atomic E-state index is 0.139. The SMILES string of the molecule is NC1CCC(COc2coc(Cn3cc4ccccc4c3)cc2=O)C1. The van der Waals surface area contributed by atoms with E-state index in [0.717, 1.165) is 19.3 Å². The van der Waals surface area contributed by atoms with Crippen molar-refractivity contribution in [1.29, 1.82) is 0 Å². The van der Waals surface area contributed by atoms with Crippen LogP contribution in [0.1, 0.15) is 25.0 Å². The van der Waals surface area contributed by atoms with E-state index in [0.29, 0.717) is 24.8 Å². The summed E-state index contributed by atoms with van der Waals surface area (Å²) in [4.78, 5) is 12.3. The van der Waals surface area contributed by atoms with Gasteiger partial charge in [-0.15, -0.1) is 0 Å². The van der Waals surface area contributed by atoms with Crippen molar-refractivity contribution in [1.82, 2.24) is 4.57 Å². The molecule has 1 aliphatic carbocycles. The molecule has 25 heavy (non-hydrogen) atoms. The highest BCUT2D eigenvalue weighted by molar-refractivity contribution is 5.82. The first-order valence-corrected chi connectivity index (χ1v) is 8.72. The molecule has 3 aromatic rings. The van der Waals surface area contributed by atoms with Gasteiger partial charge in [-0.3, -0.25) is 4.79 Å². The van der Waals surface area contributed by atoms with Crippen LogP contribution in [-0.4, -0.2) is 17.2 Å². The molecule has 2 unspecified atom stereocenters. The largest absolute Gasteiger partial charge is 0.486 e. The highest BCUT2D eigenvalue weighted by atomic mass is 16.5. The second-order valence-electron chi connectivity index (χ2n) is 6.88. The van der Waals surface area contributed by atoms with Crippen LogP contribution < -0.4 is 15.9 Å². The van der Waals surface area contributed by atoms with Crippen molar-refractivity contribution in [3.05, 3.63) is 65.0 Å². The number of nitrogens with two attached hydrogens (primary N) is 1. The van der Waals surface area contributed by atoms with Gasteiger partial charge in [-0.2, -0.15) is 0 Å². The first-order valence-electron chi connectivity index (χ1n) is 8.72. The normalized spacial score (nSPS) is 20.2. The van der Waals surface area contributed by atoms with E-state index in [-0.39, 0.29) is 17.2 Å². The number of hydrogen-bond acceptors (Lipinski definition) is 4. The fourth-order valence-corrected chi connectivity index (χ4v) is 3.51. The van der Waals surface area contributed by atoms with E-state index in [9.17, 15) is 4.79 Å². The number of aromatic nitrogens is 1. The third kappa shape index (κ3) is 3.61. The second kappa shape index (κ2) is 6.76. The maximum atomic E-state index is 12.3. The monoisotopic (exact) mass is 338 g/mol. The van der Waals surface area contributed by atoms with E-state index in [2.05, 4.69) is 12.1 Å². The van der Waals surface area contributed by atoms with Gasteiger partial charge in [0.25, 0.3) is 0 Å². The zero-order chi connectivity index (χ0) is 17.2. The topological polar surface area (TPSA) is 70.4 Å². The Morgan fingerprint density at radius 3 is 2.60 bits per heavy atom. The number of fused-ring (bicyclic) bond motifs is 1. The third-order valence-electron chi connectivity index (χ3n) is 4.85. The van der Waals surface area contributed by atoms with E-state index >= 15 is 0 Å². The summed E-state index contributed by atoms with van der Waals surface area (Å²) in [5.74, 6) is 1.32. The molecule has 130 valence electrons. The van der Waals surface area contributed by atoms with Crippen molar-refractivity contribution in [2.24, 2.45) is 11.7 Å². The quantitative estimate of drug-likeness (QED) is 0.776. The Labute approximate surface area is 146 Å². The van der Waals surface area contributed by atoms with Crippen molar-refractivity contribution >= 4 is 10.8 Å². The van der Waals surface area contributed by atoms with E-state index in [4.69, 9.17) is 14.9 Å². The summed E-state index contributed by atoms with van der Waals surface area (Å²) >= 11 is 0. The second-order valence-corrected chi connectivity index (χ2v) is 6.88. The molecule has 1 saturated carbocycles. The van der Waals surface area contributed by atoms with Crippen molar-refractivity contribution < 1.29 is 9.15 Å². The van der Waals surface area contributed by atoms with E-state index in [1.54, 1.807) is 0 Å². The van der Waals surface area contributed by atoms with Crippen LogP contribution in [0, 0.1) is 5.92 Å². The van der Waals surface area contributed by atoms with Crippen LogP contribution in [-0.2, 0) is 6.54 Å². The lowest BCUT2D eigenvalue weighted by Crippen LogP contribution is -2.18. The molecule has 5 heteroatoms. The summed E-state index contributed by atoms with van der Waals surface area (Å²) in [6.45, 7) is 1.04. The first kappa shape index (κ1) is 16.0. The minimum atomic E-state index is -0.139. The molecule has 2 heterocycles. The van der Waals surface area contributed by atoms with Crippen molar-refractivity contribution in [2.45, 2.75) is 31.8 Å². The summed E-state index contributed by atoms with van der Waals surface area (Å²) in [6.07, 6.45) is 8.57. The molecule has 2 aromatic heterocycles. The number of nitrogens with zero attached hydrogens (tertiary/aromatic N) is 1. The zero-order valence-corrected chi connectivity index (χ0v) is 14.1. The first-order chi connectivity index (χ1) is 12.2. The zero-order valence-electron chi connectivity index (χ0n) is 14.1. The summed E-state index contributed by atoms with van der Waals surface area (Å²) in [7, 11) is 0. The van der Waals surface area contributed by atoms with Crippen LogP contribution in [0.2, 0.25) is 0 Å². The van der Waals surface area contributed by atoms with Crippen LogP contribution in [0.4, 0.5) is 0 Å². The number of benzene rings is 1. The summed E-state index contributed by atoms with van der Waals surface area (Å²) < 4.78 is 13.3. The molecule has 1 aromatic carbocycles. The lowest BCUT2D eigenvalue weighted by atomic mass is 10.1. The Balaban J connectivity index is 1.43. The van der Waals surface area contributed by atoms with Crippen LogP contribution >= 0.6 is 0 Å². The van der Waals surface area contributed by atoms with Crippen molar-refractivity contribution in [3.63, 3.8) is 0 Å². The van der Waals surface area contributed by atoms with Gasteiger partial charge in [0.1, 0.15) is 12.0 Å². The third-order valence-corrected chi connectivity index (χ3v) is 4.85. The Morgan fingerprint density at radius 2 is 1.96 bits per heavy atom. The molecule has 2 N–H and O–H groups in total. The molecule has 2 atom stereocenters. The van der Waals surface area contributed by atoms with E-state index in [1.165, 1.54) is 23.1 Å². The predicted molar refractivity (Wildman–Crippen MR) is 96.8 cm³/mol. The predicted octanol–water partition coefficient (Wildman–Crippen LogP) is 3.15. The molecule has 4 rings (SSSR count). The van der Waals surface area contributed by atoms with Gasteiger partial charge in [0, 0.05) is 24.5 Å². The lowest BCUT2D eigenvalue weighted by Gasteiger charge is -2.11. The van der Waals surface area contributed by atoms with Gasteiger partial charge in [0.2, 0.25) is 11.2 Å². The average molecular weight is 338 g/mol. The van der Waals surface area contributed by atoms with Gasteiger partial charge < -0.3 is 19.5 Å².